The zero-order chi connectivity index (χ0) is 13.9. The molecule has 2 bridgehead atoms. The van der Waals surface area contributed by atoms with Crippen molar-refractivity contribution in [3.05, 3.63) is 29.8 Å². The number of carbonyl (C=O) groups excluding carboxylic acids is 1. The number of halogens is 1. The summed E-state index contributed by atoms with van der Waals surface area (Å²) in [5, 5.41) is 6.19. The van der Waals surface area contributed by atoms with E-state index in [2.05, 4.69) is 22.8 Å². The number of hydrogen-bond donors (Lipinski definition) is 2. The first-order valence-electron chi connectivity index (χ1n) is 7.78. The lowest BCUT2D eigenvalue weighted by Gasteiger charge is -2.21. The average Bonchev–Trinajstić information content (AvgIpc) is 3.01. The molecule has 3 atom stereocenters. The highest BCUT2D eigenvalue weighted by Gasteiger charge is 2.40. The number of fused-ring (bicyclic) bond motifs is 2. The molecule has 2 aliphatic rings. The Morgan fingerprint density at radius 2 is 2.14 bits per heavy atom. The van der Waals surface area contributed by atoms with Crippen LogP contribution >= 0.6 is 12.4 Å². The molecule has 0 heterocycles. The Morgan fingerprint density at radius 1 is 1.29 bits per heavy atom. The fourth-order valence-corrected chi connectivity index (χ4v) is 4.04. The molecule has 4 heteroatoms. The second-order valence-corrected chi connectivity index (χ2v) is 6.42. The van der Waals surface area contributed by atoms with Crippen LogP contribution < -0.4 is 10.6 Å². The molecule has 3 unspecified atom stereocenters. The van der Waals surface area contributed by atoms with Crippen molar-refractivity contribution >= 4 is 24.0 Å². The topological polar surface area (TPSA) is 41.1 Å². The Hall–Kier alpha value is -1.06. The van der Waals surface area contributed by atoms with Crippen LogP contribution in [0, 0.1) is 17.8 Å². The lowest BCUT2D eigenvalue weighted by molar-refractivity contribution is -0.117. The summed E-state index contributed by atoms with van der Waals surface area (Å²) >= 11 is 0. The van der Waals surface area contributed by atoms with Crippen molar-refractivity contribution in [2.45, 2.75) is 38.6 Å². The van der Waals surface area contributed by atoms with Crippen LogP contribution in [0.4, 0.5) is 5.69 Å². The fourth-order valence-electron chi connectivity index (χ4n) is 4.04. The first kappa shape index (κ1) is 16.3. The van der Waals surface area contributed by atoms with E-state index in [-0.39, 0.29) is 18.3 Å². The van der Waals surface area contributed by atoms with E-state index in [4.69, 9.17) is 0 Å². The van der Waals surface area contributed by atoms with Gasteiger partial charge in [0.25, 0.3) is 0 Å². The van der Waals surface area contributed by atoms with Crippen LogP contribution in [0.2, 0.25) is 0 Å². The van der Waals surface area contributed by atoms with Crippen molar-refractivity contribution < 1.29 is 4.79 Å². The summed E-state index contributed by atoms with van der Waals surface area (Å²) < 4.78 is 0. The number of nitrogens with one attached hydrogen (secondary N) is 2. The lowest BCUT2D eigenvalue weighted by atomic mass is 9.86. The van der Waals surface area contributed by atoms with Gasteiger partial charge in [-0.1, -0.05) is 18.6 Å². The Kier molecular flexibility index (Phi) is 5.65. The highest BCUT2D eigenvalue weighted by molar-refractivity contribution is 5.91. The summed E-state index contributed by atoms with van der Waals surface area (Å²) in [5.74, 6) is 2.55. The number of rotatable bonds is 5. The van der Waals surface area contributed by atoms with Crippen LogP contribution in [0.1, 0.15) is 37.7 Å². The minimum Gasteiger partial charge on any atom is -0.326 e. The summed E-state index contributed by atoms with van der Waals surface area (Å²) in [6.45, 7) is 0.829. The number of carbonyl (C=O) groups is 1. The van der Waals surface area contributed by atoms with Gasteiger partial charge in [-0.2, -0.15) is 0 Å². The van der Waals surface area contributed by atoms with E-state index in [1.807, 2.05) is 19.2 Å². The number of anilines is 1. The van der Waals surface area contributed by atoms with Crippen LogP contribution in [-0.4, -0.2) is 13.0 Å². The van der Waals surface area contributed by atoms with Gasteiger partial charge in [-0.05, 0) is 61.8 Å². The molecule has 21 heavy (non-hydrogen) atoms. The van der Waals surface area contributed by atoms with Crippen LogP contribution in [0.3, 0.4) is 0 Å². The molecule has 2 fully saturated rings. The summed E-state index contributed by atoms with van der Waals surface area (Å²) in [4.78, 5) is 12.2. The number of hydrogen-bond acceptors (Lipinski definition) is 2. The van der Waals surface area contributed by atoms with Crippen LogP contribution in [-0.2, 0) is 11.3 Å². The van der Waals surface area contributed by atoms with E-state index in [9.17, 15) is 4.79 Å². The molecule has 2 N–H and O–H groups in total. The summed E-state index contributed by atoms with van der Waals surface area (Å²) in [6.07, 6.45) is 6.10. The predicted octanol–water partition coefficient (Wildman–Crippen LogP) is 3.59. The van der Waals surface area contributed by atoms with E-state index < -0.39 is 0 Å². The highest BCUT2D eigenvalue weighted by atomic mass is 35.5. The molecular formula is C17H25ClN2O. The molecule has 3 nitrogen and oxygen atoms in total. The second-order valence-electron chi connectivity index (χ2n) is 6.42. The largest absolute Gasteiger partial charge is 0.326 e. The van der Waals surface area contributed by atoms with E-state index in [0.29, 0.717) is 12.3 Å². The van der Waals surface area contributed by atoms with Crippen molar-refractivity contribution in [2.24, 2.45) is 17.8 Å². The van der Waals surface area contributed by atoms with Crippen molar-refractivity contribution in [3.63, 3.8) is 0 Å². The molecule has 0 aliphatic heterocycles. The zero-order valence-electron chi connectivity index (χ0n) is 12.6. The molecule has 0 aromatic heterocycles. The van der Waals surface area contributed by atoms with E-state index in [1.54, 1.807) is 0 Å². The summed E-state index contributed by atoms with van der Waals surface area (Å²) in [5.41, 5.74) is 2.12. The van der Waals surface area contributed by atoms with Gasteiger partial charge >= 0.3 is 0 Å². The standard InChI is InChI=1S/C17H24N2O.ClH/c1-18-11-13-3-2-4-16(9-13)19-17(20)10-15-8-12-5-6-14(15)7-12;/h2-4,9,12,14-15,18H,5-8,10-11H2,1H3,(H,19,20);1H. The van der Waals surface area contributed by atoms with Gasteiger partial charge in [-0.25, -0.2) is 0 Å². The maximum atomic E-state index is 12.2. The minimum absolute atomic E-state index is 0. The van der Waals surface area contributed by atoms with Gasteiger partial charge in [-0.15, -0.1) is 12.4 Å². The van der Waals surface area contributed by atoms with E-state index in [0.717, 1.165) is 24.1 Å². The Bertz CT molecular complexity index is 491. The van der Waals surface area contributed by atoms with Crippen molar-refractivity contribution in [1.29, 1.82) is 0 Å². The minimum atomic E-state index is 0. The molecule has 3 rings (SSSR count). The monoisotopic (exact) mass is 308 g/mol. The predicted molar refractivity (Wildman–Crippen MR) is 88.6 cm³/mol. The van der Waals surface area contributed by atoms with Gasteiger partial charge in [-0.3, -0.25) is 4.79 Å². The van der Waals surface area contributed by atoms with Crippen LogP contribution in [0.15, 0.2) is 24.3 Å². The molecule has 1 aromatic rings. The van der Waals surface area contributed by atoms with Gasteiger partial charge in [0.2, 0.25) is 5.91 Å². The van der Waals surface area contributed by atoms with Gasteiger partial charge < -0.3 is 10.6 Å². The van der Waals surface area contributed by atoms with Gasteiger partial charge in [0.1, 0.15) is 0 Å². The van der Waals surface area contributed by atoms with Gasteiger partial charge in [0.15, 0.2) is 0 Å². The maximum Gasteiger partial charge on any atom is 0.224 e. The second kappa shape index (κ2) is 7.28. The third kappa shape index (κ3) is 3.98. The Morgan fingerprint density at radius 3 is 2.81 bits per heavy atom. The molecule has 1 amide bonds. The van der Waals surface area contributed by atoms with Gasteiger partial charge in [0, 0.05) is 18.7 Å². The van der Waals surface area contributed by atoms with E-state index >= 15 is 0 Å². The normalized spacial score (nSPS) is 26.4. The van der Waals surface area contributed by atoms with Gasteiger partial charge in [0.05, 0.1) is 0 Å². The van der Waals surface area contributed by atoms with Crippen molar-refractivity contribution in [2.75, 3.05) is 12.4 Å². The molecule has 2 aliphatic carbocycles. The van der Waals surface area contributed by atoms with Crippen LogP contribution in [0.5, 0.6) is 0 Å². The molecule has 2 saturated carbocycles. The first-order chi connectivity index (χ1) is 9.74. The third-order valence-corrected chi connectivity index (χ3v) is 4.92. The number of benzene rings is 1. The maximum absolute atomic E-state index is 12.2. The molecule has 0 spiro atoms. The Balaban J connectivity index is 0.00000161. The molecule has 0 radical (unpaired) electrons. The Labute approximate surface area is 133 Å². The molecular weight excluding hydrogens is 284 g/mol. The quantitative estimate of drug-likeness (QED) is 0.872. The average molecular weight is 309 g/mol. The SMILES string of the molecule is CNCc1cccc(NC(=O)CC2CC3CCC2C3)c1.Cl. The fraction of sp³-hybridized carbons (Fsp3) is 0.588. The summed E-state index contributed by atoms with van der Waals surface area (Å²) in [6, 6.07) is 8.09. The smallest absolute Gasteiger partial charge is 0.224 e. The van der Waals surface area contributed by atoms with E-state index in [1.165, 1.54) is 31.2 Å². The molecule has 116 valence electrons. The third-order valence-electron chi connectivity index (χ3n) is 4.92. The zero-order valence-corrected chi connectivity index (χ0v) is 13.4. The highest BCUT2D eigenvalue weighted by Crippen LogP contribution is 2.49. The van der Waals surface area contributed by atoms with Crippen molar-refractivity contribution in [1.82, 2.24) is 5.32 Å². The number of amides is 1. The van der Waals surface area contributed by atoms with Crippen LogP contribution in [0.25, 0.3) is 0 Å². The molecule has 0 saturated heterocycles. The summed E-state index contributed by atoms with van der Waals surface area (Å²) in [7, 11) is 1.93. The first-order valence-corrected chi connectivity index (χ1v) is 7.78. The lowest BCUT2D eigenvalue weighted by Crippen LogP contribution is -2.20. The molecule has 1 aromatic carbocycles. The van der Waals surface area contributed by atoms with Crippen molar-refractivity contribution in [3.8, 4) is 0 Å².